The molecule has 0 aromatic carbocycles. The fraction of sp³-hybridized carbons (Fsp3) is 0.455. The average molecular weight is 265 g/mol. The van der Waals surface area contributed by atoms with Crippen LogP contribution in [-0.2, 0) is 20.9 Å². The number of nitrogen functional groups attached to an aromatic ring is 1. The van der Waals surface area contributed by atoms with Gasteiger partial charge in [0, 0.05) is 19.6 Å². The molecule has 1 aliphatic heterocycles. The number of anilines is 2. The van der Waals surface area contributed by atoms with Crippen LogP contribution in [0, 0.1) is 0 Å². The molecule has 19 heavy (non-hydrogen) atoms. The number of amides is 2. The van der Waals surface area contributed by atoms with E-state index in [4.69, 9.17) is 10.5 Å². The van der Waals surface area contributed by atoms with Crippen molar-refractivity contribution in [3.8, 4) is 0 Å². The lowest BCUT2D eigenvalue weighted by Gasteiger charge is -2.22. The van der Waals surface area contributed by atoms with Crippen LogP contribution in [0.4, 0.5) is 11.6 Å². The number of nitrogens with one attached hydrogen (secondary N) is 2. The van der Waals surface area contributed by atoms with Gasteiger partial charge in [0.25, 0.3) is 0 Å². The average Bonchev–Trinajstić information content (AvgIpc) is 2.32. The van der Waals surface area contributed by atoms with Crippen LogP contribution in [0.3, 0.4) is 0 Å². The molecule has 0 saturated carbocycles. The number of aromatic nitrogens is 2. The lowest BCUT2D eigenvalue weighted by atomic mass is 10.1. The van der Waals surface area contributed by atoms with Gasteiger partial charge in [0.05, 0.1) is 0 Å². The van der Waals surface area contributed by atoms with E-state index in [1.165, 1.54) is 13.2 Å². The van der Waals surface area contributed by atoms with Gasteiger partial charge in [-0.25, -0.2) is 9.97 Å². The lowest BCUT2D eigenvalue weighted by Crippen LogP contribution is -2.47. The molecule has 102 valence electrons. The largest absolute Gasteiger partial charge is 0.384 e. The minimum atomic E-state index is -0.498. The Morgan fingerprint density at radius 3 is 3.00 bits per heavy atom. The molecular formula is C11H15N5O3. The molecule has 4 N–H and O–H groups in total. The molecule has 8 nitrogen and oxygen atoms in total. The summed E-state index contributed by atoms with van der Waals surface area (Å²) in [5.74, 6) is 0.537. The van der Waals surface area contributed by atoms with E-state index >= 15 is 0 Å². The second-order valence-corrected chi connectivity index (χ2v) is 4.18. The first-order valence-corrected chi connectivity index (χ1v) is 5.81. The van der Waals surface area contributed by atoms with Crippen LogP contribution >= 0.6 is 0 Å². The number of rotatable bonds is 4. The second kappa shape index (κ2) is 5.61. The highest BCUT2D eigenvalue weighted by Crippen LogP contribution is 2.14. The Kier molecular flexibility index (Phi) is 3.91. The van der Waals surface area contributed by atoms with Gasteiger partial charge in [-0.1, -0.05) is 0 Å². The maximum atomic E-state index is 11.6. The van der Waals surface area contributed by atoms with Crippen LogP contribution in [-0.4, -0.2) is 34.9 Å². The lowest BCUT2D eigenvalue weighted by molar-refractivity contribution is -0.133. The number of hydrogen-bond acceptors (Lipinski definition) is 7. The quantitative estimate of drug-likeness (QED) is 0.623. The number of nitrogens with two attached hydrogens (primary N) is 1. The van der Waals surface area contributed by atoms with Gasteiger partial charge in [-0.3, -0.25) is 14.9 Å². The molecule has 1 fully saturated rings. The van der Waals surface area contributed by atoms with Gasteiger partial charge < -0.3 is 15.8 Å². The van der Waals surface area contributed by atoms with E-state index in [0.29, 0.717) is 24.5 Å². The highest BCUT2D eigenvalue weighted by atomic mass is 16.5. The summed E-state index contributed by atoms with van der Waals surface area (Å²) in [6.07, 6.45) is 0.725. The molecule has 1 unspecified atom stereocenters. The third-order valence-electron chi connectivity index (χ3n) is 2.63. The predicted octanol–water partition coefficient (Wildman–Crippen LogP) is -0.578. The van der Waals surface area contributed by atoms with Gasteiger partial charge in [0.2, 0.25) is 11.8 Å². The van der Waals surface area contributed by atoms with Crippen LogP contribution in [0.5, 0.6) is 0 Å². The molecule has 0 spiro atoms. The number of imide groups is 1. The summed E-state index contributed by atoms with van der Waals surface area (Å²) in [7, 11) is 1.53. The highest BCUT2D eigenvalue weighted by Gasteiger charge is 2.26. The van der Waals surface area contributed by atoms with Crippen molar-refractivity contribution in [1.82, 2.24) is 15.3 Å². The number of methoxy groups -OCH3 is 1. The SMILES string of the molecule is COCc1nc(N)cc(NC2CCC(=O)NC2=O)n1. The fourth-order valence-corrected chi connectivity index (χ4v) is 1.80. The van der Waals surface area contributed by atoms with Gasteiger partial charge >= 0.3 is 0 Å². The maximum Gasteiger partial charge on any atom is 0.249 e. The Bertz CT molecular complexity index is 505. The summed E-state index contributed by atoms with van der Waals surface area (Å²) in [5.41, 5.74) is 5.65. The molecule has 1 aromatic rings. The van der Waals surface area contributed by atoms with Crippen LogP contribution in [0.2, 0.25) is 0 Å². The van der Waals surface area contributed by atoms with Crippen LogP contribution in [0.15, 0.2) is 6.07 Å². The Morgan fingerprint density at radius 1 is 1.53 bits per heavy atom. The zero-order valence-corrected chi connectivity index (χ0v) is 10.5. The molecular weight excluding hydrogens is 250 g/mol. The van der Waals surface area contributed by atoms with E-state index in [9.17, 15) is 9.59 Å². The number of carbonyl (C=O) groups is 2. The molecule has 8 heteroatoms. The van der Waals surface area contributed by atoms with Crippen LogP contribution in [0.25, 0.3) is 0 Å². The molecule has 0 radical (unpaired) electrons. The smallest absolute Gasteiger partial charge is 0.249 e. The minimum Gasteiger partial charge on any atom is -0.384 e. The molecule has 1 aromatic heterocycles. The van der Waals surface area contributed by atoms with Gasteiger partial charge in [0.1, 0.15) is 24.3 Å². The molecule has 2 amide bonds. The molecule has 2 rings (SSSR count). The first kappa shape index (κ1) is 13.2. The monoisotopic (exact) mass is 265 g/mol. The third kappa shape index (κ3) is 3.38. The second-order valence-electron chi connectivity index (χ2n) is 4.18. The Morgan fingerprint density at radius 2 is 2.32 bits per heavy atom. The first-order valence-electron chi connectivity index (χ1n) is 5.81. The number of piperidine rings is 1. The third-order valence-corrected chi connectivity index (χ3v) is 2.63. The molecule has 2 heterocycles. The molecule has 0 bridgehead atoms. The van der Waals surface area contributed by atoms with Gasteiger partial charge in [-0.15, -0.1) is 0 Å². The van der Waals surface area contributed by atoms with E-state index in [1.807, 2.05) is 0 Å². The zero-order chi connectivity index (χ0) is 13.8. The number of nitrogens with zero attached hydrogens (tertiary/aromatic N) is 2. The van der Waals surface area contributed by atoms with Crippen molar-refractivity contribution in [2.24, 2.45) is 0 Å². The van der Waals surface area contributed by atoms with Crippen molar-refractivity contribution >= 4 is 23.5 Å². The Balaban J connectivity index is 2.10. The van der Waals surface area contributed by atoms with Crippen LogP contribution in [0.1, 0.15) is 18.7 Å². The van der Waals surface area contributed by atoms with E-state index in [-0.39, 0.29) is 24.2 Å². The van der Waals surface area contributed by atoms with Gasteiger partial charge in [-0.2, -0.15) is 0 Å². The van der Waals surface area contributed by atoms with E-state index < -0.39 is 6.04 Å². The van der Waals surface area contributed by atoms with Crippen molar-refractivity contribution in [3.63, 3.8) is 0 Å². The number of carbonyl (C=O) groups excluding carboxylic acids is 2. The van der Waals surface area contributed by atoms with Crippen LogP contribution < -0.4 is 16.4 Å². The van der Waals surface area contributed by atoms with Gasteiger partial charge in [0.15, 0.2) is 5.82 Å². The number of ether oxygens (including phenoxy) is 1. The van der Waals surface area contributed by atoms with Crippen molar-refractivity contribution in [1.29, 1.82) is 0 Å². The molecule has 1 saturated heterocycles. The zero-order valence-electron chi connectivity index (χ0n) is 10.5. The summed E-state index contributed by atoms with van der Waals surface area (Å²) in [5, 5.41) is 5.20. The van der Waals surface area contributed by atoms with Gasteiger partial charge in [-0.05, 0) is 6.42 Å². The predicted molar refractivity (Wildman–Crippen MR) is 67.0 cm³/mol. The van der Waals surface area contributed by atoms with Crippen molar-refractivity contribution < 1.29 is 14.3 Å². The van der Waals surface area contributed by atoms with E-state index in [1.54, 1.807) is 0 Å². The standard InChI is InChI=1S/C11H15N5O3/c1-19-5-9-14-7(12)4-8(15-9)13-6-2-3-10(17)16-11(6)18/h4,6H,2-3,5H2,1H3,(H,16,17,18)(H3,12,13,14,15). The fourth-order valence-electron chi connectivity index (χ4n) is 1.80. The first-order chi connectivity index (χ1) is 9.08. The van der Waals surface area contributed by atoms with E-state index in [2.05, 4.69) is 20.6 Å². The maximum absolute atomic E-state index is 11.6. The summed E-state index contributed by atoms with van der Waals surface area (Å²) in [6.45, 7) is 0.231. The highest BCUT2D eigenvalue weighted by molar-refractivity contribution is 6.01. The summed E-state index contributed by atoms with van der Waals surface area (Å²) < 4.78 is 4.93. The Hall–Kier alpha value is -2.22. The Labute approximate surface area is 109 Å². The van der Waals surface area contributed by atoms with Crippen molar-refractivity contribution in [2.75, 3.05) is 18.2 Å². The minimum absolute atomic E-state index is 0.231. The normalized spacial score (nSPS) is 19.1. The van der Waals surface area contributed by atoms with E-state index in [0.717, 1.165) is 0 Å². The molecule has 1 atom stereocenters. The number of hydrogen-bond donors (Lipinski definition) is 3. The van der Waals surface area contributed by atoms with Crippen molar-refractivity contribution in [3.05, 3.63) is 11.9 Å². The molecule has 0 aliphatic carbocycles. The van der Waals surface area contributed by atoms with Crippen molar-refractivity contribution in [2.45, 2.75) is 25.5 Å². The summed E-state index contributed by atoms with van der Waals surface area (Å²) >= 11 is 0. The summed E-state index contributed by atoms with van der Waals surface area (Å²) in [4.78, 5) is 30.8. The topological polar surface area (TPSA) is 119 Å². The molecule has 1 aliphatic rings. The summed E-state index contributed by atoms with van der Waals surface area (Å²) in [6, 6.07) is 1.03.